The topological polar surface area (TPSA) is 29.5 Å². The summed E-state index contributed by atoms with van der Waals surface area (Å²) in [5.74, 6) is -0.194. The van der Waals surface area contributed by atoms with Crippen molar-refractivity contribution in [1.29, 1.82) is 0 Å². The number of rotatable bonds is 3. The second-order valence-electron chi connectivity index (χ2n) is 5.83. The third-order valence-electron chi connectivity index (χ3n) is 4.31. The number of hydrogen-bond donors (Lipinski definition) is 0. The molecule has 4 heteroatoms. The van der Waals surface area contributed by atoms with Gasteiger partial charge in [-0.15, -0.1) is 0 Å². The van der Waals surface area contributed by atoms with Crippen molar-refractivity contribution in [2.75, 3.05) is 19.8 Å². The maximum atomic E-state index is 13.1. The van der Waals surface area contributed by atoms with Crippen LogP contribution in [0.5, 0.6) is 0 Å². The molecule has 1 atom stereocenters. The molecule has 2 aromatic carbocycles. The highest BCUT2D eigenvalue weighted by Crippen LogP contribution is 2.25. The first-order chi connectivity index (χ1) is 11.1. The van der Waals surface area contributed by atoms with Crippen LogP contribution in [0.3, 0.4) is 0 Å². The molecule has 3 nitrogen and oxygen atoms in total. The van der Waals surface area contributed by atoms with Gasteiger partial charge < -0.3 is 9.64 Å². The lowest BCUT2D eigenvalue weighted by Gasteiger charge is -2.36. The molecule has 0 N–H and O–H groups in total. The summed E-state index contributed by atoms with van der Waals surface area (Å²) in [4.78, 5) is 14.6. The Morgan fingerprint density at radius 3 is 2.70 bits per heavy atom. The van der Waals surface area contributed by atoms with Gasteiger partial charge in [0.25, 0.3) is 0 Å². The number of nitrogens with zero attached hydrogens (tertiary/aromatic N) is 1. The van der Waals surface area contributed by atoms with Gasteiger partial charge in [0, 0.05) is 6.54 Å². The van der Waals surface area contributed by atoms with Crippen LogP contribution in [0, 0.1) is 12.7 Å². The van der Waals surface area contributed by atoms with E-state index in [1.807, 2.05) is 36.1 Å². The number of aryl methyl sites for hydroxylation is 1. The molecule has 23 heavy (non-hydrogen) atoms. The van der Waals surface area contributed by atoms with Gasteiger partial charge in [-0.1, -0.05) is 36.4 Å². The highest BCUT2D eigenvalue weighted by Gasteiger charge is 2.28. The van der Waals surface area contributed by atoms with Crippen LogP contribution in [0.15, 0.2) is 48.5 Å². The van der Waals surface area contributed by atoms with Crippen molar-refractivity contribution in [1.82, 2.24) is 4.90 Å². The predicted octanol–water partition coefficient (Wildman–Crippen LogP) is 3.28. The van der Waals surface area contributed by atoms with E-state index < -0.39 is 0 Å². The predicted molar refractivity (Wildman–Crippen MR) is 86.6 cm³/mol. The SMILES string of the molecule is Cc1ccccc1CC(=O)N1CCOCC1c1ccc(F)cc1. The molecule has 0 spiro atoms. The van der Waals surface area contributed by atoms with Crippen molar-refractivity contribution in [3.63, 3.8) is 0 Å². The van der Waals surface area contributed by atoms with Crippen LogP contribution in [0.2, 0.25) is 0 Å². The van der Waals surface area contributed by atoms with Crippen molar-refractivity contribution >= 4 is 5.91 Å². The van der Waals surface area contributed by atoms with Crippen LogP contribution >= 0.6 is 0 Å². The third-order valence-corrected chi connectivity index (χ3v) is 4.31. The number of ether oxygens (including phenoxy) is 1. The van der Waals surface area contributed by atoms with E-state index in [9.17, 15) is 9.18 Å². The van der Waals surface area contributed by atoms with Crippen LogP contribution < -0.4 is 0 Å². The Balaban J connectivity index is 1.79. The highest BCUT2D eigenvalue weighted by molar-refractivity contribution is 5.79. The fraction of sp³-hybridized carbons (Fsp3) is 0.316. The third kappa shape index (κ3) is 3.59. The zero-order valence-corrected chi connectivity index (χ0v) is 13.2. The van der Waals surface area contributed by atoms with Crippen LogP contribution in [0.1, 0.15) is 22.7 Å². The van der Waals surface area contributed by atoms with Gasteiger partial charge >= 0.3 is 0 Å². The second kappa shape index (κ2) is 6.92. The lowest BCUT2D eigenvalue weighted by molar-refractivity contribution is -0.139. The molecular weight excluding hydrogens is 293 g/mol. The van der Waals surface area contributed by atoms with Gasteiger partial charge in [0.1, 0.15) is 5.82 Å². The maximum Gasteiger partial charge on any atom is 0.227 e. The van der Waals surface area contributed by atoms with Crippen LogP contribution in [-0.2, 0) is 16.0 Å². The summed E-state index contributed by atoms with van der Waals surface area (Å²) in [5.41, 5.74) is 3.07. The number of morpholine rings is 1. The standard InChI is InChI=1S/C19H20FNO2/c1-14-4-2-3-5-16(14)12-19(22)21-10-11-23-13-18(21)15-6-8-17(20)9-7-15/h2-9,18H,10-13H2,1H3. The Labute approximate surface area is 135 Å². The Hall–Kier alpha value is -2.20. The molecule has 0 saturated carbocycles. The van der Waals surface area contributed by atoms with Crippen molar-refractivity contribution in [3.05, 3.63) is 71.0 Å². The number of amides is 1. The molecular formula is C19H20FNO2. The average Bonchev–Trinajstić information content (AvgIpc) is 2.58. The molecule has 1 saturated heterocycles. The van der Waals surface area contributed by atoms with Crippen LogP contribution in [0.4, 0.5) is 4.39 Å². The Morgan fingerprint density at radius 2 is 1.96 bits per heavy atom. The molecule has 3 rings (SSSR count). The summed E-state index contributed by atoms with van der Waals surface area (Å²) >= 11 is 0. The Morgan fingerprint density at radius 1 is 1.22 bits per heavy atom. The minimum absolute atomic E-state index is 0.0805. The largest absolute Gasteiger partial charge is 0.377 e. The van der Waals surface area contributed by atoms with Crippen molar-refractivity contribution in [2.45, 2.75) is 19.4 Å². The monoisotopic (exact) mass is 313 g/mol. The van der Waals surface area contributed by atoms with Gasteiger partial charge in [0.15, 0.2) is 0 Å². The maximum absolute atomic E-state index is 13.1. The smallest absolute Gasteiger partial charge is 0.227 e. The Kier molecular flexibility index (Phi) is 4.72. The van der Waals surface area contributed by atoms with E-state index >= 15 is 0 Å². The van der Waals surface area contributed by atoms with Gasteiger partial charge in [-0.05, 0) is 35.7 Å². The quantitative estimate of drug-likeness (QED) is 0.870. The summed E-state index contributed by atoms with van der Waals surface area (Å²) < 4.78 is 18.7. The summed E-state index contributed by atoms with van der Waals surface area (Å²) in [5, 5.41) is 0. The summed E-state index contributed by atoms with van der Waals surface area (Å²) in [6.45, 7) is 3.56. The molecule has 1 amide bonds. The zero-order chi connectivity index (χ0) is 16.2. The van der Waals surface area contributed by atoms with Crippen molar-refractivity contribution in [3.8, 4) is 0 Å². The zero-order valence-electron chi connectivity index (χ0n) is 13.2. The fourth-order valence-electron chi connectivity index (χ4n) is 2.94. The average molecular weight is 313 g/mol. The van der Waals surface area contributed by atoms with Crippen molar-refractivity contribution < 1.29 is 13.9 Å². The second-order valence-corrected chi connectivity index (χ2v) is 5.83. The van der Waals surface area contributed by atoms with Gasteiger partial charge in [0.05, 0.1) is 25.7 Å². The van der Waals surface area contributed by atoms with Crippen molar-refractivity contribution in [2.24, 2.45) is 0 Å². The first-order valence-corrected chi connectivity index (χ1v) is 7.82. The van der Waals surface area contributed by atoms with Gasteiger partial charge in [-0.2, -0.15) is 0 Å². The molecule has 120 valence electrons. The molecule has 1 unspecified atom stereocenters. The van der Waals surface area contributed by atoms with E-state index in [0.717, 1.165) is 16.7 Å². The number of halogens is 1. The highest BCUT2D eigenvalue weighted by atomic mass is 19.1. The van der Waals surface area contributed by atoms with Gasteiger partial charge in [-0.25, -0.2) is 4.39 Å². The van der Waals surface area contributed by atoms with E-state index in [2.05, 4.69) is 0 Å². The summed E-state index contributed by atoms with van der Waals surface area (Å²) in [6.07, 6.45) is 0.379. The lowest BCUT2D eigenvalue weighted by Crippen LogP contribution is -2.44. The fourth-order valence-corrected chi connectivity index (χ4v) is 2.94. The molecule has 0 aromatic heterocycles. The van der Waals surface area contributed by atoms with E-state index in [4.69, 9.17) is 4.74 Å². The van der Waals surface area contributed by atoms with E-state index in [0.29, 0.717) is 26.2 Å². The summed E-state index contributed by atoms with van der Waals surface area (Å²) in [6, 6.07) is 14.1. The van der Waals surface area contributed by atoms with E-state index in [1.54, 1.807) is 12.1 Å². The van der Waals surface area contributed by atoms with Gasteiger partial charge in [-0.3, -0.25) is 4.79 Å². The van der Waals surface area contributed by atoms with E-state index in [1.165, 1.54) is 12.1 Å². The lowest BCUT2D eigenvalue weighted by atomic mass is 10.0. The minimum atomic E-state index is -0.275. The number of hydrogen-bond acceptors (Lipinski definition) is 2. The molecule has 2 aromatic rings. The molecule has 0 bridgehead atoms. The molecule has 0 radical (unpaired) electrons. The molecule has 1 aliphatic heterocycles. The molecule has 1 fully saturated rings. The first-order valence-electron chi connectivity index (χ1n) is 7.82. The molecule has 1 aliphatic rings. The first kappa shape index (κ1) is 15.7. The van der Waals surface area contributed by atoms with Crippen LogP contribution in [0.25, 0.3) is 0 Å². The van der Waals surface area contributed by atoms with Crippen LogP contribution in [-0.4, -0.2) is 30.6 Å². The molecule has 1 heterocycles. The number of carbonyl (C=O) groups excluding carboxylic acids is 1. The van der Waals surface area contributed by atoms with E-state index in [-0.39, 0.29) is 17.8 Å². The van der Waals surface area contributed by atoms with Gasteiger partial charge in [0.2, 0.25) is 5.91 Å². The summed E-state index contributed by atoms with van der Waals surface area (Å²) in [7, 11) is 0. The number of carbonyl (C=O) groups is 1. The normalized spacial score (nSPS) is 18.0. The molecule has 0 aliphatic carbocycles. The minimum Gasteiger partial charge on any atom is -0.377 e. The Bertz CT molecular complexity index is 684. The number of benzene rings is 2.